The van der Waals surface area contributed by atoms with Crippen molar-refractivity contribution in [3.8, 4) is 5.75 Å². The molecule has 5 heteroatoms. The van der Waals surface area contributed by atoms with Crippen LogP contribution in [0.5, 0.6) is 5.75 Å². The molecule has 1 heterocycles. The molecule has 1 aromatic rings. The Morgan fingerprint density at radius 1 is 1.29 bits per heavy atom. The van der Waals surface area contributed by atoms with Gasteiger partial charge in [-0.1, -0.05) is 0 Å². The Balaban J connectivity index is 2.24. The Morgan fingerprint density at radius 2 is 1.94 bits per heavy atom. The van der Waals surface area contributed by atoms with Crippen molar-refractivity contribution < 1.29 is 23.9 Å². The summed E-state index contributed by atoms with van der Waals surface area (Å²) in [6.07, 6.45) is 0. The predicted molar refractivity (Wildman–Crippen MR) is 56.8 cm³/mol. The maximum absolute atomic E-state index is 11.9. The Morgan fingerprint density at radius 3 is 2.41 bits per heavy atom. The summed E-state index contributed by atoms with van der Waals surface area (Å²) in [5, 5.41) is 0. The molecule has 0 spiro atoms. The van der Waals surface area contributed by atoms with Crippen molar-refractivity contribution in [1.82, 2.24) is 0 Å². The second kappa shape index (κ2) is 4.37. The third kappa shape index (κ3) is 2.04. The van der Waals surface area contributed by atoms with Crippen LogP contribution >= 0.6 is 0 Å². The lowest BCUT2D eigenvalue weighted by Crippen LogP contribution is -2.25. The van der Waals surface area contributed by atoms with E-state index in [0.29, 0.717) is 11.3 Å². The molecular weight excluding hydrogens is 224 g/mol. The number of carbonyl (C=O) groups is 3. The van der Waals surface area contributed by atoms with Crippen molar-refractivity contribution in [3.63, 3.8) is 0 Å². The van der Waals surface area contributed by atoms with Gasteiger partial charge in [-0.15, -0.1) is 0 Å². The lowest BCUT2D eigenvalue weighted by atomic mass is 9.95. The first-order chi connectivity index (χ1) is 8.13. The fourth-order valence-electron chi connectivity index (χ4n) is 1.62. The average molecular weight is 234 g/mol. The summed E-state index contributed by atoms with van der Waals surface area (Å²) in [4.78, 5) is 34.5. The maximum Gasteiger partial charge on any atom is 0.325 e. The zero-order valence-corrected chi connectivity index (χ0v) is 9.14. The first kappa shape index (κ1) is 11.3. The lowest BCUT2D eigenvalue weighted by molar-refractivity contribution is -0.139. The monoisotopic (exact) mass is 234 g/mol. The zero-order valence-electron chi connectivity index (χ0n) is 9.14. The number of ether oxygens (including phenoxy) is 2. The van der Waals surface area contributed by atoms with Gasteiger partial charge in [0.25, 0.3) is 0 Å². The van der Waals surface area contributed by atoms with Crippen molar-refractivity contribution in [2.75, 3.05) is 13.7 Å². The molecule has 1 aliphatic rings. The van der Waals surface area contributed by atoms with Gasteiger partial charge in [-0.25, -0.2) is 0 Å². The van der Waals surface area contributed by atoms with Crippen LogP contribution in [0.3, 0.4) is 0 Å². The topological polar surface area (TPSA) is 69.7 Å². The maximum atomic E-state index is 11.9. The first-order valence-electron chi connectivity index (χ1n) is 5.01. The van der Waals surface area contributed by atoms with E-state index in [-0.39, 0.29) is 6.61 Å². The number of methoxy groups -OCH3 is 1. The molecule has 1 fully saturated rings. The fourth-order valence-corrected chi connectivity index (χ4v) is 1.62. The SMILES string of the molecule is COc1ccc(C(=O)C2C(=O)COC2=O)cc1. The molecule has 1 saturated heterocycles. The van der Waals surface area contributed by atoms with Crippen LogP contribution in [0.15, 0.2) is 24.3 Å². The van der Waals surface area contributed by atoms with Gasteiger partial charge in [-0.05, 0) is 24.3 Å². The Labute approximate surface area is 97.3 Å². The van der Waals surface area contributed by atoms with Gasteiger partial charge in [0.2, 0.25) is 0 Å². The van der Waals surface area contributed by atoms with Crippen LogP contribution in [0.1, 0.15) is 10.4 Å². The van der Waals surface area contributed by atoms with E-state index in [4.69, 9.17) is 4.74 Å². The number of benzene rings is 1. The summed E-state index contributed by atoms with van der Waals surface area (Å²) >= 11 is 0. The van der Waals surface area contributed by atoms with Gasteiger partial charge in [-0.3, -0.25) is 14.4 Å². The standard InChI is InChI=1S/C12H10O5/c1-16-8-4-2-7(3-5-8)11(14)10-9(13)6-17-12(10)15/h2-5,10H,6H2,1H3. The second-order valence-corrected chi connectivity index (χ2v) is 3.60. The molecule has 1 unspecified atom stereocenters. The van der Waals surface area contributed by atoms with E-state index in [2.05, 4.69) is 4.74 Å². The summed E-state index contributed by atoms with van der Waals surface area (Å²) in [6.45, 7) is -0.314. The number of esters is 1. The van der Waals surface area contributed by atoms with Gasteiger partial charge in [0.1, 0.15) is 5.75 Å². The third-order valence-electron chi connectivity index (χ3n) is 2.55. The number of ketones is 2. The molecule has 2 rings (SSSR count). The molecule has 1 aromatic carbocycles. The zero-order chi connectivity index (χ0) is 12.4. The molecule has 0 aliphatic carbocycles. The van der Waals surface area contributed by atoms with Gasteiger partial charge in [0.05, 0.1) is 7.11 Å². The molecule has 1 atom stereocenters. The molecule has 0 bridgehead atoms. The molecule has 1 aliphatic heterocycles. The summed E-state index contributed by atoms with van der Waals surface area (Å²) in [5.41, 5.74) is 0.294. The minimum atomic E-state index is -1.30. The number of hydrogen-bond acceptors (Lipinski definition) is 5. The molecule has 88 valence electrons. The van der Waals surface area contributed by atoms with E-state index < -0.39 is 23.5 Å². The highest BCUT2D eigenvalue weighted by Crippen LogP contribution is 2.19. The number of rotatable bonds is 3. The van der Waals surface area contributed by atoms with E-state index >= 15 is 0 Å². The number of hydrogen-bond donors (Lipinski definition) is 0. The summed E-state index contributed by atoms with van der Waals surface area (Å²) in [7, 11) is 1.51. The van der Waals surface area contributed by atoms with Gasteiger partial charge < -0.3 is 9.47 Å². The number of cyclic esters (lactones) is 1. The molecule has 5 nitrogen and oxygen atoms in total. The molecule has 0 saturated carbocycles. The summed E-state index contributed by atoms with van der Waals surface area (Å²) < 4.78 is 9.48. The van der Waals surface area contributed by atoms with Crippen LogP contribution < -0.4 is 4.74 Å². The highest BCUT2D eigenvalue weighted by Gasteiger charge is 2.41. The van der Waals surface area contributed by atoms with Gasteiger partial charge in [0.15, 0.2) is 24.1 Å². The Bertz CT molecular complexity index is 458. The van der Waals surface area contributed by atoms with Gasteiger partial charge in [0, 0.05) is 5.56 Å². The first-order valence-corrected chi connectivity index (χ1v) is 5.01. The van der Waals surface area contributed by atoms with Crippen LogP contribution in [0.2, 0.25) is 0 Å². The quantitative estimate of drug-likeness (QED) is 0.435. The minimum absolute atomic E-state index is 0.294. The lowest BCUT2D eigenvalue weighted by Gasteiger charge is -2.04. The predicted octanol–water partition coefficient (Wildman–Crippen LogP) is 0.620. The summed E-state index contributed by atoms with van der Waals surface area (Å²) in [5.74, 6) is -2.49. The average Bonchev–Trinajstić information content (AvgIpc) is 2.68. The van der Waals surface area contributed by atoms with Crippen molar-refractivity contribution >= 4 is 17.5 Å². The molecule has 0 N–H and O–H groups in total. The normalized spacial score (nSPS) is 19.0. The van der Waals surface area contributed by atoms with Crippen LogP contribution in [0, 0.1) is 5.92 Å². The van der Waals surface area contributed by atoms with Crippen molar-refractivity contribution in [2.45, 2.75) is 0 Å². The van der Waals surface area contributed by atoms with Gasteiger partial charge in [-0.2, -0.15) is 0 Å². The number of carbonyl (C=O) groups excluding carboxylic acids is 3. The van der Waals surface area contributed by atoms with Crippen molar-refractivity contribution in [1.29, 1.82) is 0 Å². The molecule has 0 aromatic heterocycles. The Hall–Kier alpha value is -2.17. The molecule has 0 radical (unpaired) electrons. The highest BCUT2D eigenvalue weighted by molar-refractivity contribution is 6.25. The van der Waals surface area contributed by atoms with E-state index in [1.54, 1.807) is 12.1 Å². The van der Waals surface area contributed by atoms with E-state index in [9.17, 15) is 14.4 Å². The van der Waals surface area contributed by atoms with Gasteiger partial charge >= 0.3 is 5.97 Å². The molecular formula is C12H10O5. The van der Waals surface area contributed by atoms with Crippen LogP contribution in [0.4, 0.5) is 0 Å². The van der Waals surface area contributed by atoms with Crippen LogP contribution in [-0.2, 0) is 14.3 Å². The largest absolute Gasteiger partial charge is 0.497 e. The van der Waals surface area contributed by atoms with Crippen LogP contribution in [0.25, 0.3) is 0 Å². The smallest absolute Gasteiger partial charge is 0.325 e. The molecule has 17 heavy (non-hydrogen) atoms. The van der Waals surface area contributed by atoms with E-state index in [1.807, 2.05) is 0 Å². The van der Waals surface area contributed by atoms with Crippen LogP contribution in [-0.4, -0.2) is 31.3 Å². The number of Topliss-reactive ketones (excluding diaryl/α,β-unsaturated/α-hetero) is 2. The van der Waals surface area contributed by atoms with E-state index in [0.717, 1.165) is 0 Å². The van der Waals surface area contributed by atoms with Crippen molar-refractivity contribution in [3.05, 3.63) is 29.8 Å². The second-order valence-electron chi connectivity index (χ2n) is 3.60. The molecule has 0 amide bonds. The highest BCUT2D eigenvalue weighted by atomic mass is 16.5. The fraction of sp³-hybridized carbons (Fsp3) is 0.250. The Kier molecular flexibility index (Phi) is 2.91. The summed E-state index contributed by atoms with van der Waals surface area (Å²) in [6, 6.07) is 6.22. The van der Waals surface area contributed by atoms with Crippen molar-refractivity contribution in [2.24, 2.45) is 5.92 Å². The third-order valence-corrected chi connectivity index (χ3v) is 2.55. The minimum Gasteiger partial charge on any atom is -0.497 e. The van der Waals surface area contributed by atoms with E-state index in [1.165, 1.54) is 19.2 Å².